The highest BCUT2D eigenvalue weighted by Crippen LogP contribution is 2.16. The van der Waals surface area contributed by atoms with Crippen molar-refractivity contribution in [1.29, 1.82) is 0 Å². The first-order valence-electron chi connectivity index (χ1n) is 8.98. The average molecular weight is 385 g/mol. The summed E-state index contributed by atoms with van der Waals surface area (Å²) < 4.78 is 12.0. The van der Waals surface area contributed by atoms with Crippen molar-refractivity contribution in [3.05, 3.63) is 77.1 Å². The normalized spacial score (nSPS) is 11.5. The number of nitrogens with zero attached hydrogens (tertiary/aromatic N) is 5. The van der Waals surface area contributed by atoms with E-state index in [1.165, 1.54) is 0 Å². The predicted molar refractivity (Wildman–Crippen MR) is 112 cm³/mol. The smallest absolute Gasteiger partial charge is 0.274 e. The van der Waals surface area contributed by atoms with Gasteiger partial charge in [0.05, 0.1) is 25.6 Å². The van der Waals surface area contributed by atoms with Crippen molar-refractivity contribution >= 4 is 30.1 Å². The molecule has 29 heavy (non-hydrogen) atoms. The lowest BCUT2D eigenvalue weighted by Crippen LogP contribution is -1.98. The zero-order valence-corrected chi connectivity index (χ0v) is 16.1. The number of benzene rings is 2. The number of tetrazole rings is 1. The van der Waals surface area contributed by atoms with Crippen LogP contribution in [0.15, 0.2) is 54.6 Å². The third-order valence-corrected chi connectivity index (χ3v) is 4.35. The van der Waals surface area contributed by atoms with Gasteiger partial charge < -0.3 is 9.47 Å². The van der Waals surface area contributed by atoms with Crippen LogP contribution in [0.25, 0.3) is 30.1 Å². The van der Waals surface area contributed by atoms with Gasteiger partial charge >= 0.3 is 0 Å². The Morgan fingerprint density at radius 2 is 1.34 bits per heavy atom. The summed E-state index contributed by atoms with van der Waals surface area (Å²) in [6, 6.07) is 17.5. The number of rotatable bonds is 6. The van der Waals surface area contributed by atoms with Gasteiger partial charge in [-0.2, -0.15) is 4.52 Å². The predicted octanol–water partition coefficient (Wildman–Crippen LogP) is 3.88. The van der Waals surface area contributed by atoms with Crippen LogP contribution in [-0.2, 0) is 0 Å². The van der Waals surface area contributed by atoms with E-state index in [-0.39, 0.29) is 0 Å². The lowest BCUT2D eigenvalue weighted by Gasteiger charge is -2.02. The van der Waals surface area contributed by atoms with Crippen LogP contribution in [0.5, 0.6) is 11.5 Å². The second kappa shape index (κ2) is 8.35. The van der Waals surface area contributed by atoms with Crippen LogP contribution in [0.2, 0.25) is 0 Å². The molecule has 0 spiro atoms. The molecular weight excluding hydrogens is 366 g/mol. The lowest BCUT2D eigenvalue weighted by molar-refractivity contribution is 0.414. The second-order valence-corrected chi connectivity index (χ2v) is 6.21. The first-order chi connectivity index (χ1) is 14.2. The molecule has 4 rings (SSSR count). The third kappa shape index (κ3) is 4.30. The molecular formula is C22H19N5O2. The van der Waals surface area contributed by atoms with Crippen LogP contribution in [0.1, 0.15) is 22.5 Å². The summed E-state index contributed by atoms with van der Waals surface area (Å²) in [5.74, 6) is 2.08. The van der Waals surface area contributed by atoms with Gasteiger partial charge in [-0.15, -0.1) is 0 Å². The Kier molecular flexibility index (Phi) is 5.29. The van der Waals surface area contributed by atoms with E-state index in [9.17, 15) is 0 Å². The van der Waals surface area contributed by atoms with Crippen LogP contribution in [0.4, 0.5) is 0 Å². The van der Waals surface area contributed by atoms with Crippen molar-refractivity contribution in [3.8, 4) is 11.5 Å². The van der Waals surface area contributed by atoms with E-state index in [0.29, 0.717) is 5.78 Å². The van der Waals surface area contributed by atoms with Crippen LogP contribution in [0, 0.1) is 0 Å². The van der Waals surface area contributed by atoms with Gasteiger partial charge in [-0.1, -0.05) is 41.5 Å². The maximum Gasteiger partial charge on any atom is 0.274 e. The highest BCUT2D eigenvalue weighted by Gasteiger charge is 2.05. The number of ether oxygens (including phenoxy) is 2. The summed E-state index contributed by atoms with van der Waals surface area (Å²) in [6.07, 6.45) is 7.87. The molecule has 7 heteroatoms. The number of methoxy groups -OCH3 is 2. The van der Waals surface area contributed by atoms with E-state index >= 15 is 0 Å². The molecule has 0 aliphatic carbocycles. The molecule has 0 fully saturated rings. The Hall–Kier alpha value is -4.00. The molecule has 0 N–H and O–H groups in total. The Morgan fingerprint density at radius 3 is 1.93 bits per heavy atom. The monoisotopic (exact) mass is 385 g/mol. The van der Waals surface area contributed by atoms with E-state index in [2.05, 4.69) is 20.5 Å². The molecule has 0 aliphatic heterocycles. The van der Waals surface area contributed by atoms with Crippen LogP contribution in [0.3, 0.4) is 0 Å². The minimum absolute atomic E-state index is 0.441. The fourth-order valence-electron chi connectivity index (χ4n) is 2.78. The molecule has 2 heterocycles. The molecule has 0 bridgehead atoms. The summed E-state index contributed by atoms with van der Waals surface area (Å²) in [5.41, 5.74) is 3.67. The van der Waals surface area contributed by atoms with Gasteiger partial charge in [0.2, 0.25) is 0 Å². The average Bonchev–Trinajstić information content (AvgIpc) is 3.25. The maximum atomic E-state index is 5.19. The number of hydrogen-bond donors (Lipinski definition) is 0. The minimum Gasteiger partial charge on any atom is -0.497 e. The summed E-state index contributed by atoms with van der Waals surface area (Å²) in [6.45, 7) is 0. The largest absolute Gasteiger partial charge is 0.497 e. The Labute approximate surface area is 167 Å². The molecule has 0 amide bonds. The summed E-state index contributed by atoms with van der Waals surface area (Å²) in [4.78, 5) is 4.49. The summed E-state index contributed by atoms with van der Waals surface area (Å²) in [5, 5.41) is 11.7. The van der Waals surface area contributed by atoms with Crippen molar-refractivity contribution in [2.24, 2.45) is 0 Å². The lowest BCUT2D eigenvalue weighted by atomic mass is 10.1. The van der Waals surface area contributed by atoms with Crippen molar-refractivity contribution in [3.63, 3.8) is 0 Å². The number of aromatic nitrogens is 5. The Balaban J connectivity index is 1.62. The van der Waals surface area contributed by atoms with Crippen LogP contribution < -0.4 is 9.47 Å². The van der Waals surface area contributed by atoms with Gasteiger partial charge in [0.25, 0.3) is 5.78 Å². The zero-order valence-electron chi connectivity index (χ0n) is 16.1. The first-order valence-corrected chi connectivity index (χ1v) is 8.98. The summed E-state index contributed by atoms with van der Waals surface area (Å²) >= 11 is 0. The summed E-state index contributed by atoms with van der Waals surface area (Å²) in [7, 11) is 3.30. The molecule has 144 valence electrons. The fraction of sp³-hybridized carbons (Fsp3) is 0.0909. The molecule has 0 radical (unpaired) electrons. The molecule has 2 aromatic heterocycles. The van der Waals surface area contributed by atoms with Crippen molar-refractivity contribution in [1.82, 2.24) is 25.0 Å². The topological polar surface area (TPSA) is 74.4 Å². The van der Waals surface area contributed by atoms with Gasteiger partial charge in [-0.3, -0.25) is 0 Å². The Morgan fingerprint density at radius 1 is 0.759 bits per heavy atom. The van der Waals surface area contributed by atoms with Crippen molar-refractivity contribution in [2.75, 3.05) is 14.2 Å². The van der Waals surface area contributed by atoms with Gasteiger partial charge in [0.15, 0.2) is 0 Å². The van der Waals surface area contributed by atoms with E-state index in [1.54, 1.807) is 18.7 Å². The molecule has 0 unspecified atom stereocenters. The molecule has 0 saturated carbocycles. The van der Waals surface area contributed by atoms with E-state index in [0.717, 1.165) is 34.0 Å². The van der Waals surface area contributed by atoms with Crippen LogP contribution in [-0.4, -0.2) is 39.2 Å². The van der Waals surface area contributed by atoms with E-state index in [1.807, 2.05) is 78.9 Å². The van der Waals surface area contributed by atoms with Crippen LogP contribution >= 0.6 is 0 Å². The Bertz CT molecular complexity index is 1160. The minimum atomic E-state index is 0.441. The van der Waals surface area contributed by atoms with E-state index in [4.69, 9.17) is 9.47 Å². The van der Waals surface area contributed by atoms with Gasteiger partial charge in [0.1, 0.15) is 11.5 Å². The fourth-order valence-corrected chi connectivity index (χ4v) is 2.78. The third-order valence-electron chi connectivity index (χ3n) is 4.35. The molecule has 0 saturated heterocycles. The van der Waals surface area contributed by atoms with Crippen molar-refractivity contribution < 1.29 is 9.47 Å². The first kappa shape index (κ1) is 18.4. The highest BCUT2D eigenvalue weighted by molar-refractivity contribution is 5.73. The standard InChI is InChI=1S/C22H19N5O2/c1-28-20-11-5-16(6-12-20)3-9-18-15-19(27-22(23-18)24-25-26-27)10-4-17-7-13-21(29-2)14-8-17/h3-15H,1-2H3. The maximum absolute atomic E-state index is 5.19. The van der Waals surface area contributed by atoms with Crippen molar-refractivity contribution in [2.45, 2.75) is 0 Å². The van der Waals surface area contributed by atoms with Gasteiger partial charge in [0, 0.05) is 0 Å². The van der Waals surface area contributed by atoms with E-state index < -0.39 is 0 Å². The molecule has 0 atom stereocenters. The SMILES string of the molecule is COc1ccc(C=Cc2cc(C=Cc3ccc(OC)cc3)n3nnnc3n2)cc1. The zero-order chi connectivity index (χ0) is 20.1. The quantitative estimate of drug-likeness (QED) is 0.501. The molecule has 4 aromatic rings. The molecule has 0 aliphatic rings. The number of fused-ring (bicyclic) bond motifs is 1. The van der Waals surface area contributed by atoms with Gasteiger partial charge in [-0.05, 0) is 64.0 Å². The molecule has 2 aromatic carbocycles. The number of hydrogen-bond acceptors (Lipinski definition) is 6. The highest BCUT2D eigenvalue weighted by atomic mass is 16.5. The second-order valence-electron chi connectivity index (χ2n) is 6.21. The van der Waals surface area contributed by atoms with Gasteiger partial charge in [-0.25, -0.2) is 4.98 Å². The molecule has 7 nitrogen and oxygen atoms in total.